The van der Waals surface area contributed by atoms with E-state index in [2.05, 4.69) is 10.1 Å². The number of ether oxygens (including phenoxy) is 1. The SMILES string of the molecule is CO[C@H]1CN(C(=O)CCn2c(=O)[nH]c3ccccc32)C[C@H]1Cc1cc(C)no1. The number of imidazole rings is 1. The summed E-state index contributed by atoms with van der Waals surface area (Å²) >= 11 is 0. The number of H-pyrrole nitrogens is 1. The predicted molar refractivity (Wildman–Crippen MR) is 103 cm³/mol. The molecule has 3 heterocycles. The minimum atomic E-state index is -0.191. The van der Waals surface area contributed by atoms with Crippen LogP contribution in [0.4, 0.5) is 0 Å². The number of nitrogens with one attached hydrogen (secondary N) is 1. The first-order chi connectivity index (χ1) is 13.5. The van der Waals surface area contributed by atoms with E-state index in [1.165, 1.54) is 0 Å². The first kappa shape index (κ1) is 18.5. The lowest BCUT2D eigenvalue weighted by atomic mass is 10.0. The van der Waals surface area contributed by atoms with Crippen LogP contribution in [-0.4, -0.2) is 51.8 Å². The number of carbonyl (C=O) groups excluding carboxylic acids is 1. The minimum absolute atomic E-state index is 0.0236. The van der Waals surface area contributed by atoms with Crippen LogP contribution in [-0.2, 0) is 22.5 Å². The summed E-state index contributed by atoms with van der Waals surface area (Å²) in [5.74, 6) is 0.997. The lowest BCUT2D eigenvalue weighted by Gasteiger charge is -2.16. The first-order valence-electron chi connectivity index (χ1n) is 9.45. The summed E-state index contributed by atoms with van der Waals surface area (Å²) in [6.45, 7) is 3.40. The van der Waals surface area contributed by atoms with E-state index in [0.717, 1.165) is 22.5 Å². The van der Waals surface area contributed by atoms with Crippen LogP contribution < -0.4 is 5.69 Å². The number of carbonyl (C=O) groups is 1. The van der Waals surface area contributed by atoms with Crippen LogP contribution in [0.2, 0.25) is 0 Å². The molecule has 148 valence electrons. The molecule has 3 aromatic rings. The summed E-state index contributed by atoms with van der Waals surface area (Å²) in [7, 11) is 1.67. The van der Waals surface area contributed by atoms with E-state index in [1.54, 1.807) is 11.7 Å². The summed E-state index contributed by atoms with van der Waals surface area (Å²) in [5, 5.41) is 3.92. The number of nitrogens with zero attached hydrogens (tertiary/aromatic N) is 3. The molecule has 1 aliphatic rings. The van der Waals surface area contributed by atoms with Crippen molar-refractivity contribution in [3.8, 4) is 0 Å². The average molecular weight is 384 g/mol. The molecule has 1 aromatic carbocycles. The van der Waals surface area contributed by atoms with Gasteiger partial charge in [0.15, 0.2) is 0 Å². The molecule has 0 aliphatic carbocycles. The molecule has 2 atom stereocenters. The highest BCUT2D eigenvalue weighted by Crippen LogP contribution is 2.24. The zero-order valence-corrected chi connectivity index (χ0v) is 16.1. The zero-order valence-electron chi connectivity index (χ0n) is 16.1. The monoisotopic (exact) mass is 384 g/mol. The summed E-state index contributed by atoms with van der Waals surface area (Å²) in [5.41, 5.74) is 2.25. The molecule has 1 fully saturated rings. The van der Waals surface area contributed by atoms with Crippen LogP contribution in [0.3, 0.4) is 0 Å². The van der Waals surface area contributed by atoms with Gasteiger partial charge >= 0.3 is 5.69 Å². The molecule has 0 spiro atoms. The second kappa shape index (κ2) is 7.63. The molecule has 0 saturated carbocycles. The molecular formula is C20H24N4O4. The molecule has 2 aromatic heterocycles. The molecule has 8 nitrogen and oxygen atoms in total. The van der Waals surface area contributed by atoms with Crippen molar-refractivity contribution in [2.45, 2.75) is 32.4 Å². The number of hydrogen-bond donors (Lipinski definition) is 1. The highest BCUT2D eigenvalue weighted by atomic mass is 16.5. The number of likely N-dealkylation sites (tertiary alicyclic amines) is 1. The molecule has 1 saturated heterocycles. The number of fused-ring (bicyclic) bond motifs is 1. The maximum atomic E-state index is 12.8. The van der Waals surface area contributed by atoms with Crippen molar-refractivity contribution < 1.29 is 14.1 Å². The van der Waals surface area contributed by atoms with Gasteiger partial charge in [-0.2, -0.15) is 0 Å². The third-order valence-corrected chi connectivity index (χ3v) is 5.41. The Morgan fingerprint density at radius 1 is 1.36 bits per heavy atom. The number of methoxy groups -OCH3 is 1. The number of benzene rings is 1. The molecule has 0 radical (unpaired) electrons. The molecule has 1 N–H and O–H groups in total. The smallest absolute Gasteiger partial charge is 0.326 e. The molecule has 1 amide bonds. The lowest BCUT2D eigenvalue weighted by Crippen LogP contribution is -2.31. The highest BCUT2D eigenvalue weighted by Gasteiger charge is 2.35. The topological polar surface area (TPSA) is 93.4 Å². The Labute approximate surface area is 162 Å². The van der Waals surface area contributed by atoms with Gasteiger partial charge in [-0.15, -0.1) is 0 Å². The van der Waals surface area contributed by atoms with E-state index >= 15 is 0 Å². The van der Waals surface area contributed by atoms with E-state index in [0.29, 0.717) is 26.1 Å². The van der Waals surface area contributed by atoms with Gasteiger partial charge < -0.3 is 19.1 Å². The van der Waals surface area contributed by atoms with Crippen LogP contribution >= 0.6 is 0 Å². The third-order valence-electron chi connectivity index (χ3n) is 5.41. The van der Waals surface area contributed by atoms with Crippen molar-refractivity contribution in [3.05, 3.63) is 52.3 Å². The molecule has 1 aliphatic heterocycles. The van der Waals surface area contributed by atoms with E-state index in [4.69, 9.17) is 9.26 Å². The van der Waals surface area contributed by atoms with Crippen molar-refractivity contribution in [2.75, 3.05) is 20.2 Å². The number of aromatic nitrogens is 3. The van der Waals surface area contributed by atoms with Crippen LogP contribution in [0.5, 0.6) is 0 Å². The van der Waals surface area contributed by atoms with E-state index in [1.807, 2.05) is 42.2 Å². The minimum Gasteiger partial charge on any atom is -0.379 e. The van der Waals surface area contributed by atoms with Gasteiger partial charge in [-0.05, 0) is 19.1 Å². The van der Waals surface area contributed by atoms with Crippen molar-refractivity contribution in [1.82, 2.24) is 19.6 Å². The maximum Gasteiger partial charge on any atom is 0.326 e. The first-order valence-corrected chi connectivity index (χ1v) is 9.45. The van der Waals surface area contributed by atoms with E-state index < -0.39 is 0 Å². The van der Waals surface area contributed by atoms with E-state index in [9.17, 15) is 9.59 Å². The molecular weight excluding hydrogens is 360 g/mol. The Hall–Kier alpha value is -2.87. The fourth-order valence-corrected chi connectivity index (χ4v) is 3.97. The summed E-state index contributed by atoms with van der Waals surface area (Å²) in [6.07, 6.45) is 0.919. The molecule has 8 heteroatoms. The van der Waals surface area contributed by atoms with E-state index in [-0.39, 0.29) is 30.0 Å². The second-order valence-electron chi connectivity index (χ2n) is 7.32. The summed E-state index contributed by atoms with van der Waals surface area (Å²) in [4.78, 5) is 29.6. The number of hydrogen-bond acceptors (Lipinski definition) is 5. The van der Waals surface area contributed by atoms with Crippen LogP contribution in [0, 0.1) is 12.8 Å². The molecule has 0 bridgehead atoms. The van der Waals surface area contributed by atoms with Gasteiger partial charge in [-0.25, -0.2) is 4.79 Å². The zero-order chi connectivity index (χ0) is 19.7. The maximum absolute atomic E-state index is 12.8. The second-order valence-corrected chi connectivity index (χ2v) is 7.32. The number of aromatic amines is 1. The Bertz CT molecular complexity index is 1030. The quantitative estimate of drug-likeness (QED) is 0.699. The largest absolute Gasteiger partial charge is 0.379 e. The number of para-hydroxylation sites is 2. The number of aryl methyl sites for hydroxylation is 2. The van der Waals surface area contributed by atoms with Gasteiger partial charge in [0.05, 0.1) is 22.8 Å². The fraction of sp³-hybridized carbons (Fsp3) is 0.450. The van der Waals surface area contributed by atoms with Crippen LogP contribution in [0.1, 0.15) is 17.9 Å². The van der Waals surface area contributed by atoms with Crippen molar-refractivity contribution in [2.24, 2.45) is 5.92 Å². The highest BCUT2D eigenvalue weighted by molar-refractivity contribution is 5.78. The number of rotatable bonds is 6. The predicted octanol–water partition coefficient (Wildman–Crippen LogP) is 1.73. The normalized spacial score (nSPS) is 19.6. The van der Waals surface area contributed by atoms with Crippen molar-refractivity contribution in [1.29, 1.82) is 0 Å². The van der Waals surface area contributed by atoms with Crippen molar-refractivity contribution >= 4 is 16.9 Å². The van der Waals surface area contributed by atoms with Crippen molar-refractivity contribution in [3.63, 3.8) is 0 Å². The van der Waals surface area contributed by atoms with Crippen LogP contribution in [0.15, 0.2) is 39.6 Å². The van der Waals surface area contributed by atoms with Gasteiger partial charge in [0.2, 0.25) is 5.91 Å². The van der Waals surface area contributed by atoms with Crippen LogP contribution in [0.25, 0.3) is 11.0 Å². The van der Waals surface area contributed by atoms with Gasteiger partial charge in [0.25, 0.3) is 0 Å². The standard InChI is InChI=1S/C20H24N4O4/c1-13-9-15(28-22-13)10-14-11-23(12-18(14)27-2)19(25)7-8-24-17-6-4-3-5-16(17)21-20(24)26/h3-6,9,14,18H,7-8,10-12H2,1-2H3,(H,21,26)/t14-,18+/m1/s1. The summed E-state index contributed by atoms with van der Waals surface area (Å²) in [6, 6.07) is 9.41. The Morgan fingerprint density at radius 2 is 2.18 bits per heavy atom. The van der Waals surface area contributed by atoms with Gasteiger partial charge in [-0.1, -0.05) is 17.3 Å². The van der Waals surface area contributed by atoms with Gasteiger partial charge in [0.1, 0.15) is 5.76 Å². The third kappa shape index (κ3) is 3.60. The fourth-order valence-electron chi connectivity index (χ4n) is 3.97. The summed E-state index contributed by atoms with van der Waals surface area (Å²) < 4.78 is 12.5. The molecule has 28 heavy (non-hydrogen) atoms. The Morgan fingerprint density at radius 3 is 2.93 bits per heavy atom. The Kier molecular flexibility index (Phi) is 5.04. The lowest BCUT2D eigenvalue weighted by molar-refractivity contribution is -0.130. The Balaban J connectivity index is 1.40. The average Bonchev–Trinajstić information content (AvgIpc) is 3.37. The molecule has 4 rings (SSSR count). The number of amides is 1. The van der Waals surface area contributed by atoms with Gasteiger partial charge in [-0.3, -0.25) is 9.36 Å². The molecule has 0 unspecified atom stereocenters. The van der Waals surface area contributed by atoms with Gasteiger partial charge in [0, 0.05) is 51.6 Å².